The summed E-state index contributed by atoms with van der Waals surface area (Å²) in [7, 11) is 0. The summed E-state index contributed by atoms with van der Waals surface area (Å²) >= 11 is 0. The van der Waals surface area contributed by atoms with Crippen LogP contribution in [0, 0.1) is 0 Å². The van der Waals surface area contributed by atoms with Crippen LogP contribution in [-0.2, 0) is 6.54 Å². The van der Waals surface area contributed by atoms with Crippen LogP contribution in [0.4, 0.5) is 13.2 Å². The summed E-state index contributed by atoms with van der Waals surface area (Å²) in [4.78, 5) is 29.4. The van der Waals surface area contributed by atoms with E-state index >= 15 is 0 Å². The summed E-state index contributed by atoms with van der Waals surface area (Å²) in [5, 5.41) is 2.68. The molecule has 3 aromatic rings. The van der Waals surface area contributed by atoms with Gasteiger partial charge in [0.1, 0.15) is 11.3 Å². The van der Waals surface area contributed by atoms with Crippen molar-refractivity contribution in [3.05, 3.63) is 94.2 Å². The lowest BCUT2D eigenvalue weighted by Gasteiger charge is -2.15. The summed E-state index contributed by atoms with van der Waals surface area (Å²) in [6.07, 6.45) is -1.68. The van der Waals surface area contributed by atoms with Gasteiger partial charge in [-0.05, 0) is 36.8 Å². The molecule has 9 heteroatoms. The van der Waals surface area contributed by atoms with Crippen molar-refractivity contribution >= 4 is 5.91 Å². The number of hydrogen-bond donors (Lipinski definition) is 1. The molecule has 0 aliphatic heterocycles. The highest BCUT2D eigenvalue weighted by atomic mass is 19.4. The number of alkyl halides is 3. The van der Waals surface area contributed by atoms with Gasteiger partial charge in [0.15, 0.2) is 6.61 Å². The molecule has 1 amide bonds. The summed E-state index contributed by atoms with van der Waals surface area (Å²) < 4.78 is 42.7. The third-order valence-corrected chi connectivity index (χ3v) is 4.41. The molecule has 0 saturated carbocycles. The Morgan fingerprint density at radius 1 is 1.13 bits per heavy atom. The first-order chi connectivity index (χ1) is 14.7. The number of pyridine rings is 2. The Bertz CT molecular complexity index is 1080. The van der Waals surface area contributed by atoms with Crippen LogP contribution in [0.1, 0.15) is 34.6 Å². The van der Waals surface area contributed by atoms with Gasteiger partial charge in [0.2, 0.25) is 0 Å². The zero-order valence-electron chi connectivity index (χ0n) is 16.6. The highest BCUT2D eigenvalue weighted by Crippen LogP contribution is 2.19. The van der Waals surface area contributed by atoms with E-state index in [4.69, 9.17) is 0 Å². The number of amides is 1. The molecule has 2 aromatic heterocycles. The lowest BCUT2D eigenvalue weighted by molar-refractivity contribution is -0.153. The number of ether oxygens (including phenoxy) is 1. The van der Waals surface area contributed by atoms with Crippen LogP contribution in [-0.4, -0.2) is 28.2 Å². The molecule has 31 heavy (non-hydrogen) atoms. The highest BCUT2D eigenvalue weighted by Gasteiger charge is 2.28. The fourth-order valence-electron chi connectivity index (χ4n) is 2.86. The summed E-state index contributed by atoms with van der Waals surface area (Å²) in [5.74, 6) is -0.606. The van der Waals surface area contributed by atoms with Crippen molar-refractivity contribution in [2.45, 2.75) is 25.7 Å². The normalized spacial score (nSPS) is 12.3. The maximum Gasteiger partial charge on any atom is 0.422 e. The highest BCUT2D eigenvalue weighted by molar-refractivity contribution is 5.94. The molecular formula is C22H20F3N3O3. The van der Waals surface area contributed by atoms with Crippen molar-refractivity contribution in [3.8, 4) is 5.75 Å². The van der Waals surface area contributed by atoms with Gasteiger partial charge < -0.3 is 14.6 Å². The molecule has 1 atom stereocenters. The summed E-state index contributed by atoms with van der Waals surface area (Å²) in [6.45, 7) is 0.572. The van der Waals surface area contributed by atoms with E-state index < -0.39 is 30.3 Å². The predicted octanol–water partition coefficient (Wildman–Crippen LogP) is 3.72. The van der Waals surface area contributed by atoms with Crippen LogP contribution in [0.25, 0.3) is 0 Å². The number of hydrogen-bond acceptors (Lipinski definition) is 4. The molecule has 0 spiro atoms. The third kappa shape index (κ3) is 6.18. The van der Waals surface area contributed by atoms with Crippen molar-refractivity contribution in [3.63, 3.8) is 0 Å². The quantitative estimate of drug-likeness (QED) is 0.619. The Morgan fingerprint density at radius 2 is 1.87 bits per heavy atom. The third-order valence-electron chi connectivity index (χ3n) is 4.41. The summed E-state index contributed by atoms with van der Waals surface area (Å²) in [5.41, 5.74) is 0.885. The van der Waals surface area contributed by atoms with E-state index in [1.54, 1.807) is 19.2 Å². The number of nitrogens with one attached hydrogen (secondary N) is 1. The summed E-state index contributed by atoms with van der Waals surface area (Å²) in [6, 6.07) is 14.6. The number of rotatable bonds is 7. The zero-order chi connectivity index (χ0) is 22.4. The lowest BCUT2D eigenvalue weighted by atomic mass is 10.1. The minimum atomic E-state index is -4.44. The Labute approximate surface area is 176 Å². The average molecular weight is 431 g/mol. The lowest BCUT2D eigenvalue weighted by Crippen LogP contribution is -2.34. The second-order valence-corrected chi connectivity index (χ2v) is 6.86. The molecule has 0 aliphatic rings. The molecule has 162 valence electrons. The molecule has 0 aliphatic carbocycles. The fourth-order valence-corrected chi connectivity index (χ4v) is 2.86. The molecule has 2 heterocycles. The Kier molecular flexibility index (Phi) is 6.74. The Hall–Kier alpha value is -3.62. The minimum absolute atomic E-state index is 0.0181. The molecule has 0 unspecified atom stereocenters. The number of halogens is 3. The average Bonchev–Trinajstić information content (AvgIpc) is 2.74. The number of aromatic nitrogens is 2. The first-order valence-corrected chi connectivity index (χ1v) is 9.43. The second kappa shape index (κ2) is 9.46. The van der Waals surface area contributed by atoms with E-state index in [1.807, 2.05) is 30.3 Å². The Balaban J connectivity index is 1.67. The molecular weight excluding hydrogens is 411 g/mol. The van der Waals surface area contributed by atoms with Crippen LogP contribution in [0.15, 0.2) is 71.8 Å². The number of carbonyl (C=O) groups is 1. The Morgan fingerprint density at radius 3 is 2.52 bits per heavy atom. The molecule has 3 rings (SSSR count). The van der Waals surface area contributed by atoms with Crippen LogP contribution in [0.3, 0.4) is 0 Å². The van der Waals surface area contributed by atoms with Gasteiger partial charge in [0.05, 0.1) is 24.5 Å². The number of benzene rings is 1. The minimum Gasteiger partial charge on any atom is -0.483 e. The predicted molar refractivity (Wildman–Crippen MR) is 108 cm³/mol. The smallest absolute Gasteiger partial charge is 0.422 e. The SMILES string of the molecule is C[C@@H](NC(=O)c1cccn(Cc2ccccc2)c1=O)c1ccc(OCC(F)(F)F)cn1. The van der Waals surface area contributed by atoms with E-state index in [1.165, 1.54) is 22.8 Å². The van der Waals surface area contributed by atoms with Crippen LogP contribution in [0.2, 0.25) is 0 Å². The topological polar surface area (TPSA) is 73.2 Å². The van der Waals surface area contributed by atoms with Crippen molar-refractivity contribution in [2.75, 3.05) is 6.61 Å². The first-order valence-electron chi connectivity index (χ1n) is 9.43. The molecule has 6 nitrogen and oxygen atoms in total. The van der Waals surface area contributed by atoms with E-state index in [0.29, 0.717) is 12.2 Å². The number of nitrogens with zero attached hydrogens (tertiary/aromatic N) is 2. The molecule has 1 N–H and O–H groups in total. The van der Waals surface area contributed by atoms with Gasteiger partial charge in [0, 0.05) is 6.20 Å². The van der Waals surface area contributed by atoms with Crippen LogP contribution in [0.5, 0.6) is 5.75 Å². The van der Waals surface area contributed by atoms with Gasteiger partial charge in [0.25, 0.3) is 11.5 Å². The monoisotopic (exact) mass is 431 g/mol. The molecule has 0 bridgehead atoms. The van der Waals surface area contributed by atoms with Gasteiger partial charge >= 0.3 is 6.18 Å². The second-order valence-electron chi connectivity index (χ2n) is 6.86. The first kappa shape index (κ1) is 22.1. The van der Waals surface area contributed by atoms with Gasteiger partial charge in [-0.1, -0.05) is 30.3 Å². The van der Waals surface area contributed by atoms with E-state index in [-0.39, 0.29) is 11.3 Å². The van der Waals surface area contributed by atoms with Gasteiger partial charge in [-0.25, -0.2) is 0 Å². The largest absolute Gasteiger partial charge is 0.483 e. The number of carbonyl (C=O) groups excluding carboxylic acids is 1. The maximum atomic E-state index is 12.7. The van der Waals surface area contributed by atoms with Crippen molar-refractivity contribution < 1.29 is 22.7 Å². The van der Waals surface area contributed by atoms with Gasteiger partial charge in [-0.2, -0.15) is 13.2 Å². The van der Waals surface area contributed by atoms with Crippen molar-refractivity contribution in [2.24, 2.45) is 0 Å². The van der Waals surface area contributed by atoms with Crippen molar-refractivity contribution in [1.29, 1.82) is 0 Å². The fraction of sp³-hybridized carbons (Fsp3) is 0.227. The van der Waals surface area contributed by atoms with E-state index in [9.17, 15) is 22.8 Å². The molecule has 0 fully saturated rings. The van der Waals surface area contributed by atoms with Crippen molar-refractivity contribution in [1.82, 2.24) is 14.9 Å². The standard InChI is InChI=1S/C22H20F3N3O3/c1-15(19-10-9-17(12-26-19)31-14-22(23,24)25)27-20(29)18-8-5-11-28(21(18)30)13-16-6-3-2-4-7-16/h2-12,15H,13-14H2,1H3,(H,27,29)/t15-/m1/s1. The molecule has 0 radical (unpaired) electrons. The van der Waals surface area contributed by atoms with Gasteiger partial charge in [-0.15, -0.1) is 0 Å². The zero-order valence-corrected chi connectivity index (χ0v) is 16.6. The van der Waals surface area contributed by atoms with Crippen LogP contribution < -0.4 is 15.6 Å². The molecule has 1 aromatic carbocycles. The maximum absolute atomic E-state index is 12.7. The van der Waals surface area contributed by atoms with Gasteiger partial charge in [-0.3, -0.25) is 14.6 Å². The van der Waals surface area contributed by atoms with Crippen LogP contribution >= 0.6 is 0 Å². The molecule has 0 saturated heterocycles. The van der Waals surface area contributed by atoms with E-state index in [0.717, 1.165) is 11.8 Å². The van der Waals surface area contributed by atoms with E-state index in [2.05, 4.69) is 15.0 Å².